The zero-order valence-electron chi connectivity index (χ0n) is 11.9. The van der Waals surface area contributed by atoms with Crippen molar-refractivity contribution in [2.45, 2.75) is 45.3 Å². The Hall–Kier alpha value is -1.49. The van der Waals surface area contributed by atoms with E-state index in [0.29, 0.717) is 12.1 Å². The number of rotatable bonds is 6. The van der Waals surface area contributed by atoms with E-state index < -0.39 is 0 Å². The molecular formula is C14H24N4O. The van der Waals surface area contributed by atoms with Crippen LogP contribution in [0.2, 0.25) is 0 Å². The van der Waals surface area contributed by atoms with Crippen molar-refractivity contribution in [1.82, 2.24) is 16.0 Å². The molecule has 5 nitrogen and oxygen atoms in total. The molecular weight excluding hydrogens is 240 g/mol. The van der Waals surface area contributed by atoms with E-state index in [1.165, 1.54) is 0 Å². The van der Waals surface area contributed by atoms with Crippen LogP contribution in [0, 0.1) is 0 Å². The molecule has 0 bridgehead atoms. The molecule has 1 aliphatic heterocycles. The van der Waals surface area contributed by atoms with Crippen LogP contribution in [0.4, 0.5) is 0 Å². The number of nitrogens with one attached hydrogen (secondary N) is 3. The van der Waals surface area contributed by atoms with Crippen molar-refractivity contribution in [3.63, 3.8) is 0 Å². The van der Waals surface area contributed by atoms with Gasteiger partial charge in [0.25, 0.3) is 0 Å². The van der Waals surface area contributed by atoms with Crippen LogP contribution < -0.4 is 16.0 Å². The van der Waals surface area contributed by atoms with Gasteiger partial charge in [0.2, 0.25) is 0 Å². The van der Waals surface area contributed by atoms with Crippen molar-refractivity contribution in [3.8, 4) is 0 Å². The van der Waals surface area contributed by atoms with Crippen molar-refractivity contribution in [3.05, 3.63) is 24.2 Å². The molecule has 0 saturated heterocycles. The molecule has 1 aliphatic rings. The quantitative estimate of drug-likeness (QED) is 0.731. The smallest absolute Gasteiger partial charge is 0.191 e. The molecule has 0 radical (unpaired) electrons. The first-order valence-corrected chi connectivity index (χ1v) is 7.03. The second kappa shape index (κ2) is 6.61. The highest BCUT2D eigenvalue weighted by Crippen LogP contribution is 2.14. The molecule has 0 aliphatic carbocycles. The lowest BCUT2D eigenvalue weighted by Gasteiger charge is -2.22. The SMILES string of the molecule is CCC(C)NC(CNC1=NCC(C)N1)c1ccco1. The third-order valence-corrected chi connectivity index (χ3v) is 3.36. The molecule has 3 atom stereocenters. The third-order valence-electron chi connectivity index (χ3n) is 3.36. The van der Waals surface area contributed by atoms with E-state index in [2.05, 4.69) is 41.7 Å². The Labute approximate surface area is 114 Å². The molecule has 1 aromatic rings. The van der Waals surface area contributed by atoms with Crippen LogP contribution in [0.25, 0.3) is 0 Å². The van der Waals surface area contributed by atoms with Gasteiger partial charge < -0.3 is 20.4 Å². The van der Waals surface area contributed by atoms with Crippen molar-refractivity contribution in [2.24, 2.45) is 4.99 Å². The fraction of sp³-hybridized carbons (Fsp3) is 0.643. The minimum Gasteiger partial charge on any atom is -0.468 e. The standard InChI is InChI=1S/C14H24N4O/c1-4-10(2)17-12(13-6-5-7-19-13)9-16-14-15-8-11(3)18-14/h5-7,10-12,17H,4,8-9H2,1-3H3,(H2,15,16,18). The average Bonchev–Trinajstić information content (AvgIpc) is 3.05. The summed E-state index contributed by atoms with van der Waals surface area (Å²) < 4.78 is 5.51. The summed E-state index contributed by atoms with van der Waals surface area (Å²) in [5.41, 5.74) is 0. The highest BCUT2D eigenvalue weighted by atomic mass is 16.3. The zero-order valence-corrected chi connectivity index (χ0v) is 11.9. The predicted octanol–water partition coefficient (Wildman–Crippen LogP) is 1.65. The Morgan fingerprint density at radius 1 is 1.58 bits per heavy atom. The summed E-state index contributed by atoms with van der Waals surface area (Å²) in [5, 5.41) is 10.2. The van der Waals surface area contributed by atoms with Crippen LogP contribution in [0.1, 0.15) is 39.0 Å². The van der Waals surface area contributed by atoms with E-state index >= 15 is 0 Å². The van der Waals surface area contributed by atoms with E-state index in [0.717, 1.165) is 31.2 Å². The lowest BCUT2D eigenvalue weighted by molar-refractivity contribution is 0.373. The molecule has 2 rings (SSSR count). The lowest BCUT2D eigenvalue weighted by Crippen LogP contribution is -2.43. The van der Waals surface area contributed by atoms with Crippen LogP contribution in [-0.4, -0.2) is 31.1 Å². The Kier molecular flexibility index (Phi) is 4.85. The lowest BCUT2D eigenvalue weighted by atomic mass is 10.1. The average molecular weight is 264 g/mol. The minimum atomic E-state index is 0.158. The van der Waals surface area contributed by atoms with E-state index in [1.807, 2.05) is 12.1 Å². The molecule has 19 heavy (non-hydrogen) atoms. The number of guanidine groups is 1. The molecule has 2 heterocycles. The van der Waals surface area contributed by atoms with Crippen molar-refractivity contribution < 1.29 is 4.42 Å². The van der Waals surface area contributed by atoms with Gasteiger partial charge in [0, 0.05) is 18.6 Å². The van der Waals surface area contributed by atoms with Gasteiger partial charge >= 0.3 is 0 Å². The van der Waals surface area contributed by atoms with Crippen LogP contribution >= 0.6 is 0 Å². The molecule has 0 fully saturated rings. The second-order valence-electron chi connectivity index (χ2n) is 5.16. The van der Waals surface area contributed by atoms with Crippen LogP contribution in [0.15, 0.2) is 27.8 Å². The van der Waals surface area contributed by atoms with E-state index in [1.54, 1.807) is 6.26 Å². The Bertz CT molecular complexity index is 402. The zero-order chi connectivity index (χ0) is 13.7. The first-order valence-electron chi connectivity index (χ1n) is 7.03. The van der Waals surface area contributed by atoms with Gasteiger partial charge in [-0.15, -0.1) is 0 Å². The van der Waals surface area contributed by atoms with Gasteiger partial charge in [-0.1, -0.05) is 6.92 Å². The van der Waals surface area contributed by atoms with Gasteiger partial charge in [-0.05, 0) is 32.4 Å². The molecule has 3 N–H and O–H groups in total. The summed E-state index contributed by atoms with van der Waals surface area (Å²) in [6, 6.07) is 4.97. The van der Waals surface area contributed by atoms with Gasteiger partial charge in [-0.25, -0.2) is 0 Å². The van der Waals surface area contributed by atoms with Gasteiger partial charge in [0.05, 0.1) is 18.8 Å². The molecule has 3 unspecified atom stereocenters. The third kappa shape index (κ3) is 3.99. The summed E-state index contributed by atoms with van der Waals surface area (Å²) in [6.07, 6.45) is 2.81. The van der Waals surface area contributed by atoms with Crippen molar-refractivity contribution in [2.75, 3.05) is 13.1 Å². The van der Waals surface area contributed by atoms with Gasteiger partial charge in [-0.2, -0.15) is 0 Å². The maximum absolute atomic E-state index is 5.51. The van der Waals surface area contributed by atoms with Crippen LogP contribution in [0.5, 0.6) is 0 Å². The number of aliphatic imine (C=N–C) groups is 1. The Morgan fingerprint density at radius 2 is 2.42 bits per heavy atom. The molecule has 0 spiro atoms. The maximum atomic E-state index is 5.51. The highest BCUT2D eigenvalue weighted by Gasteiger charge is 2.18. The van der Waals surface area contributed by atoms with Crippen LogP contribution in [0.3, 0.4) is 0 Å². The summed E-state index contributed by atoms with van der Waals surface area (Å²) in [5.74, 6) is 1.84. The van der Waals surface area contributed by atoms with E-state index in [-0.39, 0.29) is 6.04 Å². The fourth-order valence-electron chi connectivity index (χ4n) is 2.05. The largest absolute Gasteiger partial charge is 0.468 e. The van der Waals surface area contributed by atoms with Gasteiger partial charge in [-0.3, -0.25) is 4.99 Å². The number of hydrogen-bond acceptors (Lipinski definition) is 5. The Morgan fingerprint density at radius 3 is 3.00 bits per heavy atom. The van der Waals surface area contributed by atoms with Gasteiger partial charge in [0.15, 0.2) is 5.96 Å². The molecule has 1 aromatic heterocycles. The normalized spacial score (nSPS) is 21.6. The molecule has 5 heteroatoms. The summed E-state index contributed by atoms with van der Waals surface area (Å²) in [4.78, 5) is 4.41. The van der Waals surface area contributed by atoms with Gasteiger partial charge in [0.1, 0.15) is 5.76 Å². The molecule has 0 saturated carbocycles. The predicted molar refractivity (Wildman–Crippen MR) is 77.2 cm³/mol. The molecule has 106 valence electrons. The van der Waals surface area contributed by atoms with Crippen LogP contribution in [-0.2, 0) is 0 Å². The second-order valence-corrected chi connectivity index (χ2v) is 5.16. The minimum absolute atomic E-state index is 0.158. The van der Waals surface area contributed by atoms with Crippen molar-refractivity contribution >= 4 is 5.96 Å². The molecule has 0 aromatic carbocycles. The van der Waals surface area contributed by atoms with Crippen molar-refractivity contribution in [1.29, 1.82) is 0 Å². The monoisotopic (exact) mass is 264 g/mol. The first kappa shape index (κ1) is 13.9. The fourth-order valence-corrected chi connectivity index (χ4v) is 2.05. The van der Waals surface area contributed by atoms with E-state index in [4.69, 9.17) is 4.42 Å². The topological polar surface area (TPSA) is 61.6 Å². The Balaban J connectivity index is 1.90. The first-order chi connectivity index (χ1) is 9.19. The summed E-state index contributed by atoms with van der Waals surface area (Å²) in [6.45, 7) is 8.08. The number of furan rings is 1. The molecule has 0 amide bonds. The number of nitrogens with zero attached hydrogens (tertiary/aromatic N) is 1. The highest BCUT2D eigenvalue weighted by molar-refractivity contribution is 5.81. The number of hydrogen-bond donors (Lipinski definition) is 3. The summed E-state index contributed by atoms with van der Waals surface area (Å²) >= 11 is 0. The van der Waals surface area contributed by atoms with E-state index in [9.17, 15) is 0 Å². The summed E-state index contributed by atoms with van der Waals surface area (Å²) in [7, 11) is 0. The maximum Gasteiger partial charge on any atom is 0.191 e.